The first-order valence-corrected chi connectivity index (χ1v) is 24.3. The summed E-state index contributed by atoms with van der Waals surface area (Å²) in [5, 5.41) is 3.64. The molecule has 0 amide bonds. The molecule has 2 aliphatic rings. The molecule has 0 spiro atoms. The fourth-order valence-corrected chi connectivity index (χ4v) is 18.8. The Morgan fingerprint density at radius 3 is 1.34 bits per heavy atom. The van der Waals surface area contributed by atoms with Gasteiger partial charge >= 0.3 is 92.4 Å². The first kappa shape index (κ1) is 34.8. The molecule has 0 aliphatic heterocycles. The standard InChI is InChI=1S/C24H41P.3C4H9.Sn/c1-15(2)19-9-7-17(5)13-21(19)23-11-12-24(25-23)22-14-18(6)8-10-20(22)16(3)4;3*1-3-4-2;/h11-12,15-22,25H,7-10,13-14H2,1-6H3;3*1,3-4H2,2H3;/t17-,18-,19+,20+,21-,22-;;;;/m1..../s1. The number of rotatable bonds is 13. The topological polar surface area (TPSA) is 0 Å². The predicted molar refractivity (Wildman–Crippen MR) is 179 cm³/mol. The molecule has 2 fully saturated rings. The molecule has 1 aromatic rings. The van der Waals surface area contributed by atoms with Crippen LogP contribution < -0.4 is 0 Å². The number of hydrogen-bond acceptors (Lipinski definition) is 0. The van der Waals surface area contributed by atoms with Crippen molar-refractivity contribution < 1.29 is 0 Å². The van der Waals surface area contributed by atoms with Gasteiger partial charge in [0.2, 0.25) is 0 Å². The maximum atomic E-state index is 2.57. The molecule has 2 heteroatoms. The molecular formula is C36H68PSn. The van der Waals surface area contributed by atoms with Crippen LogP contribution in [0.1, 0.15) is 162 Å². The summed E-state index contributed by atoms with van der Waals surface area (Å²) < 4.78 is 5.04. The summed E-state index contributed by atoms with van der Waals surface area (Å²) in [6.45, 7) is 21.8. The summed E-state index contributed by atoms with van der Waals surface area (Å²) in [5.41, 5.74) is 0. The van der Waals surface area contributed by atoms with Crippen molar-refractivity contribution >= 4 is 28.0 Å². The Hall–Kier alpha value is 0.579. The molecule has 6 atom stereocenters. The Balaban J connectivity index is 0.000000332. The van der Waals surface area contributed by atoms with Crippen LogP contribution in [0.3, 0.4) is 0 Å². The van der Waals surface area contributed by atoms with Crippen LogP contribution in [0, 0.1) is 35.5 Å². The number of unbranched alkanes of at least 4 members (excludes halogenated alkanes) is 3. The second kappa shape index (κ2) is 18.9. The average Bonchev–Trinajstić information content (AvgIpc) is 3.38. The summed E-state index contributed by atoms with van der Waals surface area (Å²) in [6.07, 6.45) is 17.5. The van der Waals surface area contributed by atoms with Crippen LogP contribution in [0.15, 0.2) is 12.1 Å². The molecule has 0 unspecified atom stereocenters. The van der Waals surface area contributed by atoms with Crippen LogP contribution in [0.5, 0.6) is 0 Å². The van der Waals surface area contributed by atoms with E-state index in [1.165, 1.54) is 77.0 Å². The monoisotopic (exact) mass is 651 g/mol. The van der Waals surface area contributed by atoms with Crippen molar-refractivity contribution in [3.63, 3.8) is 0 Å². The Kier molecular flexibility index (Phi) is 17.3. The van der Waals surface area contributed by atoms with E-state index in [4.69, 9.17) is 0 Å². The zero-order valence-corrected chi connectivity index (χ0v) is 31.2. The molecule has 1 radical (unpaired) electrons. The summed E-state index contributed by atoms with van der Waals surface area (Å²) in [6, 6.07) is 5.14. The molecule has 38 heavy (non-hydrogen) atoms. The van der Waals surface area contributed by atoms with Crippen LogP contribution in [-0.2, 0) is 0 Å². The minimum atomic E-state index is -0.839. The van der Waals surface area contributed by atoms with Gasteiger partial charge in [0.05, 0.1) is 0 Å². The van der Waals surface area contributed by atoms with Gasteiger partial charge in [-0.15, -0.1) is 8.19 Å². The summed E-state index contributed by atoms with van der Waals surface area (Å²) in [4.78, 5) is 0. The van der Waals surface area contributed by atoms with Gasteiger partial charge in [0, 0.05) is 0 Å². The average molecular weight is 651 g/mol. The molecule has 0 bridgehead atoms. The maximum absolute atomic E-state index is 2.57. The third-order valence-corrected chi connectivity index (χ3v) is 21.0. The van der Waals surface area contributed by atoms with E-state index in [1.807, 2.05) is 10.6 Å². The number of hydrogen-bond donors (Lipinski definition) is 0. The van der Waals surface area contributed by atoms with Crippen molar-refractivity contribution in [3.05, 3.63) is 22.7 Å². The molecule has 0 aromatic carbocycles. The SMILES string of the molecule is CC(C)[C@@H]1CC[C@@H](C)C[C@H]1c1ccc([C@@H]2C[C@H](C)CC[C@H]2C(C)C)[pH]1.CCC[CH2][Sn]([CH2]CCC)[CH2]CCC. The Morgan fingerprint density at radius 1 is 0.658 bits per heavy atom. The van der Waals surface area contributed by atoms with Crippen LogP contribution >= 0.6 is 8.19 Å². The van der Waals surface area contributed by atoms with Crippen molar-refractivity contribution in [2.45, 2.75) is 165 Å². The first-order valence-electron chi connectivity index (χ1n) is 17.2. The third-order valence-electron chi connectivity index (χ3n) is 10.2. The van der Waals surface area contributed by atoms with E-state index < -0.39 is 19.8 Å². The Morgan fingerprint density at radius 2 is 1.03 bits per heavy atom. The quantitative estimate of drug-likeness (QED) is 0.186. The van der Waals surface area contributed by atoms with Gasteiger partial charge in [0.15, 0.2) is 0 Å². The second-order valence-electron chi connectivity index (χ2n) is 14.3. The molecule has 2 saturated carbocycles. The molecule has 0 saturated heterocycles. The zero-order chi connectivity index (χ0) is 28.1. The van der Waals surface area contributed by atoms with Crippen LogP contribution in [0.25, 0.3) is 0 Å². The van der Waals surface area contributed by atoms with E-state index in [-0.39, 0.29) is 0 Å². The summed E-state index contributed by atoms with van der Waals surface area (Å²) in [7, 11) is 1.01. The molecule has 3 rings (SSSR count). The Bertz CT molecular complexity index is 655. The van der Waals surface area contributed by atoms with Crippen LogP contribution in [-0.4, -0.2) is 19.8 Å². The normalized spacial score (nSPS) is 28.1. The fourth-order valence-electron chi connectivity index (χ4n) is 7.64. The van der Waals surface area contributed by atoms with E-state index in [0.717, 1.165) is 55.5 Å². The van der Waals surface area contributed by atoms with E-state index in [9.17, 15) is 0 Å². The van der Waals surface area contributed by atoms with Gasteiger partial charge in [-0.3, -0.25) is 0 Å². The van der Waals surface area contributed by atoms with Gasteiger partial charge < -0.3 is 0 Å². The zero-order valence-electron chi connectivity index (χ0n) is 27.4. The van der Waals surface area contributed by atoms with Crippen molar-refractivity contribution in [1.29, 1.82) is 0 Å². The van der Waals surface area contributed by atoms with Gasteiger partial charge in [0.25, 0.3) is 0 Å². The molecule has 1 aromatic heterocycles. The molecule has 1 heterocycles. The molecule has 0 N–H and O–H groups in total. The van der Waals surface area contributed by atoms with Gasteiger partial charge in [-0.1, -0.05) is 66.5 Å². The summed E-state index contributed by atoms with van der Waals surface area (Å²) in [5.74, 6) is 7.11. The van der Waals surface area contributed by atoms with Crippen molar-refractivity contribution in [1.82, 2.24) is 0 Å². The second-order valence-corrected chi connectivity index (χ2v) is 24.3. The summed E-state index contributed by atoms with van der Waals surface area (Å²) >= 11 is -0.839. The van der Waals surface area contributed by atoms with Crippen LogP contribution in [0.2, 0.25) is 13.3 Å². The van der Waals surface area contributed by atoms with E-state index in [2.05, 4.69) is 74.4 Å². The third kappa shape index (κ3) is 11.5. The minimum absolute atomic E-state index is 0.838. The van der Waals surface area contributed by atoms with Crippen LogP contribution in [0.4, 0.5) is 0 Å². The first-order chi connectivity index (χ1) is 18.2. The van der Waals surface area contributed by atoms with Gasteiger partial charge in [-0.25, -0.2) is 0 Å². The molecule has 221 valence electrons. The van der Waals surface area contributed by atoms with E-state index in [0.29, 0.717) is 0 Å². The van der Waals surface area contributed by atoms with Crippen molar-refractivity contribution in [2.75, 3.05) is 0 Å². The van der Waals surface area contributed by atoms with E-state index in [1.54, 1.807) is 13.3 Å². The van der Waals surface area contributed by atoms with Crippen molar-refractivity contribution in [2.24, 2.45) is 35.5 Å². The Labute approximate surface area is 249 Å². The fraction of sp³-hybridized carbons (Fsp3) is 0.889. The molecular weight excluding hydrogens is 582 g/mol. The van der Waals surface area contributed by atoms with Gasteiger partial charge in [-0.2, -0.15) is 0 Å². The molecule has 2 aliphatic carbocycles. The predicted octanol–water partition coefficient (Wildman–Crippen LogP) is 13.0. The van der Waals surface area contributed by atoms with Gasteiger partial charge in [0.1, 0.15) is 0 Å². The van der Waals surface area contributed by atoms with Crippen molar-refractivity contribution in [3.8, 4) is 0 Å². The van der Waals surface area contributed by atoms with Gasteiger partial charge in [-0.05, 0) is 83.6 Å². The van der Waals surface area contributed by atoms with E-state index >= 15 is 0 Å². The molecule has 0 nitrogen and oxygen atoms in total.